The van der Waals surface area contributed by atoms with Crippen molar-refractivity contribution in [3.05, 3.63) is 50.6 Å². The van der Waals surface area contributed by atoms with Gasteiger partial charge < -0.3 is 19.4 Å². The van der Waals surface area contributed by atoms with Crippen molar-refractivity contribution < 1.29 is 19.1 Å². The van der Waals surface area contributed by atoms with Gasteiger partial charge in [0.15, 0.2) is 17.1 Å². The van der Waals surface area contributed by atoms with Crippen molar-refractivity contribution in [3.63, 3.8) is 0 Å². The highest BCUT2D eigenvalue weighted by atomic mass is 35.5. The smallest absolute Gasteiger partial charge is 0.341 e. The number of carbonyl (C=O) groups is 2. The van der Waals surface area contributed by atoms with Crippen molar-refractivity contribution in [2.75, 3.05) is 17.7 Å². The number of thiophene rings is 1. The van der Waals surface area contributed by atoms with Crippen molar-refractivity contribution in [3.8, 4) is 5.75 Å². The number of fused-ring (bicyclic) bond motifs is 1. The highest BCUT2D eigenvalue weighted by Crippen LogP contribution is 2.39. The molecule has 0 radical (unpaired) electrons. The summed E-state index contributed by atoms with van der Waals surface area (Å²) in [7, 11) is 0. The highest BCUT2D eigenvalue weighted by Gasteiger charge is 2.28. The number of thioether (sulfide) groups is 1. The maximum Gasteiger partial charge on any atom is 0.341 e. The maximum absolute atomic E-state index is 12.8. The van der Waals surface area contributed by atoms with Crippen molar-refractivity contribution in [2.24, 2.45) is 0 Å². The molecule has 36 heavy (non-hydrogen) atoms. The Morgan fingerprint density at radius 3 is 2.81 bits per heavy atom. The van der Waals surface area contributed by atoms with Crippen LogP contribution < -0.4 is 10.1 Å². The number of esters is 1. The molecule has 11 heteroatoms. The van der Waals surface area contributed by atoms with Crippen LogP contribution >= 0.6 is 34.7 Å². The molecule has 1 aliphatic carbocycles. The Hall–Kier alpha value is -2.56. The van der Waals surface area contributed by atoms with Gasteiger partial charge in [0.1, 0.15) is 10.8 Å². The Morgan fingerprint density at radius 1 is 1.28 bits per heavy atom. The highest BCUT2D eigenvalue weighted by molar-refractivity contribution is 7.99. The number of nitrogens with zero attached hydrogens (tertiary/aromatic N) is 3. The first-order chi connectivity index (χ1) is 17.3. The van der Waals surface area contributed by atoms with Gasteiger partial charge in [0.2, 0.25) is 5.91 Å². The summed E-state index contributed by atoms with van der Waals surface area (Å²) < 4.78 is 13.3. The van der Waals surface area contributed by atoms with Crippen LogP contribution in [0.1, 0.15) is 65.5 Å². The lowest BCUT2D eigenvalue weighted by molar-refractivity contribution is -0.113. The molecule has 1 amide bonds. The van der Waals surface area contributed by atoms with Crippen molar-refractivity contribution in [1.82, 2.24) is 14.8 Å². The third kappa shape index (κ3) is 5.71. The van der Waals surface area contributed by atoms with Gasteiger partial charge in [-0.2, -0.15) is 0 Å². The lowest BCUT2D eigenvalue weighted by Gasteiger charge is -2.17. The monoisotopic (exact) mass is 548 g/mol. The van der Waals surface area contributed by atoms with Crippen LogP contribution in [0.5, 0.6) is 5.75 Å². The van der Waals surface area contributed by atoms with Gasteiger partial charge in [-0.1, -0.05) is 23.4 Å². The largest absolute Gasteiger partial charge is 0.482 e. The Morgan fingerprint density at radius 2 is 2.08 bits per heavy atom. The molecule has 0 fully saturated rings. The van der Waals surface area contributed by atoms with Crippen molar-refractivity contribution in [1.29, 1.82) is 0 Å². The Balaban J connectivity index is 1.42. The van der Waals surface area contributed by atoms with Gasteiger partial charge in [-0.05, 0) is 76.3 Å². The van der Waals surface area contributed by atoms with Gasteiger partial charge in [-0.25, -0.2) is 4.79 Å². The number of anilines is 1. The third-order valence-corrected chi connectivity index (χ3v) is 8.26. The predicted molar refractivity (Wildman–Crippen MR) is 143 cm³/mol. The Kier molecular flexibility index (Phi) is 8.58. The molecule has 1 aromatic carbocycles. The topological polar surface area (TPSA) is 95.3 Å². The number of aromatic nitrogens is 3. The molecule has 1 aliphatic rings. The fraction of sp³-hybridized carbons (Fsp3) is 0.440. The van der Waals surface area contributed by atoms with E-state index in [0.717, 1.165) is 41.0 Å². The molecule has 0 bridgehead atoms. The summed E-state index contributed by atoms with van der Waals surface area (Å²) in [5.74, 6) is 0.952. The van der Waals surface area contributed by atoms with Gasteiger partial charge in [0.25, 0.3) is 0 Å². The zero-order valence-corrected chi connectivity index (χ0v) is 23.1. The molecular weight excluding hydrogens is 520 g/mol. The first-order valence-electron chi connectivity index (χ1n) is 11.9. The minimum atomic E-state index is -0.375. The maximum atomic E-state index is 12.8. The average molecular weight is 549 g/mol. The zero-order valence-electron chi connectivity index (χ0n) is 20.7. The molecule has 0 saturated carbocycles. The van der Waals surface area contributed by atoms with Crippen LogP contribution in [0.15, 0.2) is 23.4 Å². The first kappa shape index (κ1) is 26.5. The van der Waals surface area contributed by atoms with Crippen LogP contribution in [0.2, 0.25) is 5.02 Å². The molecule has 1 N–H and O–H groups in total. The van der Waals surface area contributed by atoms with E-state index >= 15 is 0 Å². The van der Waals surface area contributed by atoms with Crippen LogP contribution in [-0.4, -0.2) is 39.0 Å². The van der Waals surface area contributed by atoms with E-state index in [-0.39, 0.29) is 23.7 Å². The molecule has 4 rings (SSSR count). The predicted octanol–water partition coefficient (Wildman–Crippen LogP) is 5.86. The number of aryl methyl sites for hydroxylation is 2. The lowest BCUT2D eigenvalue weighted by Crippen LogP contribution is -2.17. The summed E-state index contributed by atoms with van der Waals surface area (Å²) in [6, 6.07) is 5.48. The molecule has 2 aromatic heterocycles. The van der Waals surface area contributed by atoms with Crippen LogP contribution in [-0.2, 0) is 28.9 Å². The lowest BCUT2D eigenvalue weighted by atomic mass is 10.1. The van der Waals surface area contributed by atoms with E-state index in [1.54, 1.807) is 13.0 Å². The van der Waals surface area contributed by atoms with E-state index in [2.05, 4.69) is 15.5 Å². The number of ether oxygens (including phenoxy) is 2. The zero-order chi connectivity index (χ0) is 25.8. The second-order valence-corrected chi connectivity index (χ2v) is 10.9. The molecule has 0 aliphatic heterocycles. The molecule has 2 heterocycles. The number of halogens is 1. The number of carbonyl (C=O) groups excluding carboxylic acids is 2. The normalized spacial score (nSPS) is 13.4. The van der Waals surface area contributed by atoms with Crippen LogP contribution in [0.4, 0.5) is 5.00 Å². The van der Waals surface area contributed by atoms with E-state index in [9.17, 15) is 9.59 Å². The summed E-state index contributed by atoms with van der Waals surface area (Å²) in [4.78, 5) is 26.5. The summed E-state index contributed by atoms with van der Waals surface area (Å²) in [5, 5.41) is 13.4. The Labute approximate surface area is 223 Å². The van der Waals surface area contributed by atoms with Crippen LogP contribution in [0.25, 0.3) is 0 Å². The minimum Gasteiger partial charge on any atom is -0.482 e. The molecular formula is C25H29ClN4O4S2. The number of hydrogen-bond donors (Lipinski definition) is 1. The molecule has 0 saturated heterocycles. The molecule has 192 valence electrons. The van der Waals surface area contributed by atoms with Gasteiger partial charge in [0, 0.05) is 16.4 Å². The van der Waals surface area contributed by atoms with Crippen LogP contribution in [0, 0.1) is 6.92 Å². The standard InChI is InChI=1S/C25H29ClN4O4S2/c1-5-30-22(15(4)34-18-11-10-16(26)12-14(18)3)28-29-25(30)35-13-20(31)27-23-21(24(32)33-6-2)17-8-7-9-19(17)36-23/h10-12,15H,5-9,13H2,1-4H3,(H,27,31). The summed E-state index contributed by atoms with van der Waals surface area (Å²) in [6.07, 6.45) is 2.44. The number of rotatable bonds is 10. The van der Waals surface area contributed by atoms with Gasteiger partial charge in [-0.15, -0.1) is 21.5 Å². The van der Waals surface area contributed by atoms with Gasteiger partial charge in [0.05, 0.1) is 17.9 Å². The van der Waals surface area contributed by atoms with Crippen LogP contribution in [0.3, 0.4) is 0 Å². The molecule has 3 aromatic rings. The molecule has 0 spiro atoms. The molecule has 1 unspecified atom stereocenters. The number of nitrogens with one attached hydrogen (secondary N) is 1. The number of benzene rings is 1. The first-order valence-corrected chi connectivity index (χ1v) is 14.1. The number of amides is 1. The van der Waals surface area contributed by atoms with E-state index in [1.807, 2.05) is 37.5 Å². The number of hydrogen-bond acceptors (Lipinski definition) is 8. The Bertz CT molecular complexity index is 1270. The van der Waals surface area contributed by atoms with E-state index in [0.29, 0.717) is 39.7 Å². The summed E-state index contributed by atoms with van der Waals surface area (Å²) in [5.41, 5.74) is 2.46. The molecule has 1 atom stereocenters. The third-order valence-electron chi connectivity index (χ3n) is 5.85. The SMILES string of the molecule is CCOC(=O)c1c(NC(=O)CSc2nnc(C(C)Oc3ccc(Cl)cc3C)n2CC)sc2c1CCC2. The van der Waals surface area contributed by atoms with Gasteiger partial charge >= 0.3 is 5.97 Å². The van der Waals surface area contributed by atoms with E-state index < -0.39 is 0 Å². The molecule has 8 nitrogen and oxygen atoms in total. The second-order valence-electron chi connectivity index (χ2n) is 8.37. The second kappa shape index (κ2) is 11.7. The van der Waals surface area contributed by atoms with Gasteiger partial charge in [-0.3, -0.25) is 4.79 Å². The summed E-state index contributed by atoms with van der Waals surface area (Å²) in [6.45, 7) is 8.55. The fourth-order valence-corrected chi connectivity index (χ4v) is 6.53. The van der Waals surface area contributed by atoms with Crippen molar-refractivity contribution in [2.45, 2.75) is 64.8 Å². The van der Waals surface area contributed by atoms with Crippen molar-refractivity contribution >= 4 is 51.6 Å². The van der Waals surface area contributed by atoms with E-state index in [4.69, 9.17) is 21.1 Å². The summed E-state index contributed by atoms with van der Waals surface area (Å²) >= 11 is 8.82. The quantitative estimate of drug-likeness (QED) is 0.250. The minimum absolute atomic E-state index is 0.133. The average Bonchev–Trinajstić information content (AvgIpc) is 3.53. The van der Waals surface area contributed by atoms with E-state index in [1.165, 1.54) is 23.1 Å². The fourth-order valence-electron chi connectivity index (χ4n) is 4.20.